The van der Waals surface area contributed by atoms with Crippen LogP contribution < -0.4 is 0 Å². The molecule has 1 nitrogen and oxygen atoms in total. The zero-order valence-electron chi connectivity index (χ0n) is 8.88. The van der Waals surface area contributed by atoms with E-state index < -0.39 is 0 Å². The predicted molar refractivity (Wildman–Crippen MR) is 76.4 cm³/mol. The number of hydrogen-bond donors (Lipinski definition) is 0. The number of carbonyl (C=O) groups is 1. The van der Waals surface area contributed by atoms with Crippen molar-refractivity contribution in [3.8, 4) is 0 Å². The van der Waals surface area contributed by atoms with Gasteiger partial charge in [-0.15, -0.1) is 0 Å². The maximum Gasteiger partial charge on any atom is 0.194 e. The third-order valence-corrected chi connectivity index (χ3v) is 3.94. The molecule has 0 bridgehead atoms. The van der Waals surface area contributed by atoms with E-state index in [1.807, 2.05) is 0 Å². The average Bonchev–Trinajstić information content (AvgIpc) is 2.35. The summed E-state index contributed by atoms with van der Waals surface area (Å²) in [5.74, 6) is -0.249. The van der Waals surface area contributed by atoms with Gasteiger partial charge in [0.2, 0.25) is 0 Å². The van der Waals surface area contributed by atoms with Gasteiger partial charge in [0.25, 0.3) is 0 Å². The molecule has 5 heteroatoms. The van der Waals surface area contributed by atoms with Crippen molar-refractivity contribution in [3.05, 3.63) is 67.6 Å². The van der Waals surface area contributed by atoms with Crippen molar-refractivity contribution in [2.24, 2.45) is 0 Å². The Morgan fingerprint density at radius 3 is 2.22 bits per heavy atom. The van der Waals surface area contributed by atoms with Crippen LogP contribution in [0.5, 0.6) is 0 Å². The van der Waals surface area contributed by atoms with E-state index in [1.165, 1.54) is 6.07 Å². The zero-order chi connectivity index (χ0) is 13.3. The molecule has 0 N–H and O–H groups in total. The van der Waals surface area contributed by atoms with E-state index in [4.69, 9.17) is 46.4 Å². The van der Waals surface area contributed by atoms with Crippen molar-refractivity contribution in [3.63, 3.8) is 0 Å². The van der Waals surface area contributed by atoms with E-state index in [-0.39, 0.29) is 10.8 Å². The van der Waals surface area contributed by atoms with Gasteiger partial charge in [0.05, 0.1) is 20.1 Å². The van der Waals surface area contributed by atoms with E-state index in [9.17, 15) is 4.79 Å². The third kappa shape index (κ3) is 2.65. The molecule has 0 amide bonds. The van der Waals surface area contributed by atoms with Crippen LogP contribution in [0.2, 0.25) is 20.1 Å². The molecule has 0 atom stereocenters. The first-order chi connectivity index (χ1) is 8.50. The molecule has 0 fully saturated rings. The van der Waals surface area contributed by atoms with Crippen LogP contribution in [0.3, 0.4) is 0 Å². The molecule has 0 spiro atoms. The minimum Gasteiger partial charge on any atom is -0.289 e. The van der Waals surface area contributed by atoms with E-state index in [2.05, 4.69) is 0 Å². The highest BCUT2D eigenvalue weighted by molar-refractivity contribution is 6.45. The van der Waals surface area contributed by atoms with Crippen LogP contribution in [0.25, 0.3) is 0 Å². The number of carbonyl (C=O) groups excluding carboxylic acids is 1. The largest absolute Gasteiger partial charge is 0.289 e. The van der Waals surface area contributed by atoms with Crippen LogP contribution in [0, 0.1) is 0 Å². The van der Waals surface area contributed by atoms with E-state index >= 15 is 0 Å². The van der Waals surface area contributed by atoms with Gasteiger partial charge in [-0.2, -0.15) is 0 Å². The molecule has 0 radical (unpaired) electrons. The summed E-state index contributed by atoms with van der Waals surface area (Å²) in [4.78, 5) is 12.2. The van der Waals surface area contributed by atoms with Crippen molar-refractivity contribution in [1.82, 2.24) is 0 Å². The highest BCUT2D eigenvalue weighted by Gasteiger charge is 2.15. The molecule has 0 aliphatic rings. The van der Waals surface area contributed by atoms with E-state index in [1.54, 1.807) is 30.3 Å². The first-order valence-electron chi connectivity index (χ1n) is 4.94. The summed E-state index contributed by atoms with van der Waals surface area (Å²) in [6.45, 7) is 0. The number of ketones is 1. The summed E-state index contributed by atoms with van der Waals surface area (Å²) in [7, 11) is 0. The Morgan fingerprint density at radius 1 is 0.833 bits per heavy atom. The average molecular weight is 320 g/mol. The summed E-state index contributed by atoms with van der Waals surface area (Å²) in [6.07, 6.45) is 0. The molecular weight excluding hydrogens is 314 g/mol. The lowest BCUT2D eigenvalue weighted by atomic mass is 10.0. The quantitative estimate of drug-likeness (QED) is 0.665. The molecule has 2 aromatic carbocycles. The standard InChI is InChI=1S/C13H6Cl4O/c14-9-5-4-7(6-11(9)16)13(18)8-2-1-3-10(15)12(8)17/h1-6H. The van der Waals surface area contributed by atoms with Crippen LogP contribution in [-0.2, 0) is 0 Å². The fraction of sp³-hybridized carbons (Fsp3) is 0. The molecule has 0 heterocycles. The summed E-state index contributed by atoms with van der Waals surface area (Å²) in [5.41, 5.74) is 0.746. The minimum absolute atomic E-state index is 0.232. The van der Waals surface area contributed by atoms with Crippen molar-refractivity contribution < 1.29 is 4.79 Å². The first kappa shape index (κ1) is 13.7. The Balaban J connectivity index is 2.48. The summed E-state index contributed by atoms with van der Waals surface area (Å²) in [6, 6.07) is 9.56. The van der Waals surface area contributed by atoms with Gasteiger partial charge >= 0.3 is 0 Å². The Kier molecular flexibility index (Phi) is 4.18. The SMILES string of the molecule is O=C(c1ccc(Cl)c(Cl)c1)c1cccc(Cl)c1Cl. The number of halogens is 4. The smallest absolute Gasteiger partial charge is 0.194 e. The van der Waals surface area contributed by atoms with Crippen molar-refractivity contribution in [2.45, 2.75) is 0 Å². The second kappa shape index (κ2) is 5.50. The lowest BCUT2D eigenvalue weighted by Gasteiger charge is -2.06. The predicted octanol–water partition coefficient (Wildman–Crippen LogP) is 5.53. The van der Waals surface area contributed by atoms with Crippen LogP contribution >= 0.6 is 46.4 Å². The molecule has 0 unspecified atom stereocenters. The lowest BCUT2D eigenvalue weighted by Crippen LogP contribution is -2.02. The number of hydrogen-bond acceptors (Lipinski definition) is 1. The summed E-state index contributed by atoms with van der Waals surface area (Å²) < 4.78 is 0. The normalized spacial score (nSPS) is 10.4. The van der Waals surface area contributed by atoms with Gasteiger partial charge in [0, 0.05) is 11.1 Å². The molecule has 0 aliphatic carbocycles. The molecule has 0 saturated carbocycles. The fourth-order valence-electron chi connectivity index (χ4n) is 1.47. The van der Waals surface area contributed by atoms with Gasteiger partial charge in [0.15, 0.2) is 5.78 Å². The Labute approximate surface area is 124 Å². The van der Waals surface area contributed by atoms with Crippen molar-refractivity contribution in [2.75, 3.05) is 0 Å². The number of rotatable bonds is 2. The molecule has 0 aromatic heterocycles. The molecule has 2 rings (SSSR count). The van der Waals surface area contributed by atoms with E-state index in [0.717, 1.165) is 0 Å². The number of benzene rings is 2. The van der Waals surface area contributed by atoms with Gasteiger partial charge in [-0.05, 0) is 30.3 Å². The second-order valence-electron chi connectivity index (χ2n) is 3.56. The van der Waals surface area contributed by atoms with Crippen molar-refractivity contribution >= 4 is 52.2 Å². The van der Waals surface area contributed by atoms with Crippen molar-refractivity contribution in [1.29, 1.82) is 0 Å². The third-order valence-electron chi connectivity index (χ3n) is 2.38. The fourth-order valence-corrected chi connectivity index (χ4v) is 2.16. The van der Waals surface area contributed by atoms with Crippen LogP contribution in [0.1, 0.15) is 15.9 Å². The zero-order valence-corrected chi connectivity index (χ0v) is 11.9. The van der Waals surface area contributed by atoms with E-state index in [0.29, 0.717) is 26.2 Å². The Hall–Kier alpha value is -0.730. The van der Waals surface area contributed by atoms with Gasteiger partial charge in [-0.25, -0.2) is 0 Å². The molecule has 18 heavy (non-hydrogen) atoms. The first-order valence-corrected chi connectivity index (χ1v) is 6.45. The Bertz CT molecular complexity index is 622. The van der Waals surface area contributed by atoms with Crippen LogP contribution in [-0.4, -0.2) is 5.78 Å². The minimum atomic E-state index is -0.249. The lowest BCUT2D eigenvalue weighted by molar-refractivity contribution is 0.103. The summed E-state index contributed by atoms with van der Waals surface area (Å²) in [5, 5.41) is 1.28. The molecule has 92 valence electrons. The molecule has 0 saturated heterocycles. The van der Waals surface area contributed by atoms with Crippen LogP contribution in [0.4, 0.5) is 0 Å². The molecular formula is C13H6Cl4O. The topological polar surface area (TPSA) is 17.1 Å². The Morgan fingerprint density at radius 2 is 1.56 bits per heavy atom. The maximum atomic E-state index is 12.2. The summed E-state index contributed by atoms with van der Waals surface area (Å²) >= 11 is 23.5. The highest BCUT2D eigenvalue weighted by Crippen LogP contribution is 2.29. The second-order valence-corrected chi connectivity index (χ2v) is 5.16. The highest BCUT2D eigenvalue weighted by atomic mass is 35.5. The van der Waals surface area contributed by atoms with Gasteiger partial charge in [-0.3, -0.25) is 4.79 Å². The maximum absolute atomic E-state index is 12.2. The van der Waals surface area contributed by atoms with Crippen LogP contribution in [0.15, 0.2) is 36.4 Å². The van der Waals surface area contributed by atoms with Gasteiger partial charge in [0.1, 0.15) is 0 Å². The van der Waals surface area contributed by atoms with Gasteiger partial charge in [-0.1, -0.05) is 52.5 Å². The van der Waals surface area contributed by atoms with Gasteiger partial charge < -0.3 is 0 Å². The monoisotopic (exact) mass is 318 g/mol. The molecule has 2 aromatic rings. The molecule has 0 aliphatic heterocycles.